The van der Waals surface area contributed by atoms with Crippen LogP contribution in [0.3, 0.4) is 0 Å². The summed E-state index contributed by atoms with van der Waals surface area (Å²) in [5.41, 5.74) is 1.54. The molecule has 2 heterocycles. The molecule has 9 atom stereocenters. The second kappa shape index (κ2) is 12.4. The van der Waals surface area contributed by atoms with E-state index in [1.165, 1.54) is 24.8 Å². The number of ether oxygens (including phenoxy) is 3. The van der Waals surface area contributed by atoms with Gasteiger partial charge in [0.1, 0.15) is 5.82 Å². The van der Waals surface area contributed by atoms with Gasteiger partial charge in [0.15, 0.2) is 26.0 Å². The fourth-order valence-corrected chi connectivity index (χ4v) is 11.5. The summed E-state index contributed by atoms with van der Waals surface area (Å²) in [5.74, 6) is -1.14. The summed E-state index contributed by atoms with van der Waals surface area (Å²) in [7, 11) is -0.982. The van der Waals surface area contributed by atoms with Crippen molar-refractivity contribution >= 4 is 26.1 Å². The average Bonchev–Trinajstić information content (AvgIpc) is 3.71. The number of methoxy groups -OCH3 is 1. The van der Waals surface area contributed by atoms with Crippen LogP contribution >= 0.6 is 0 Å². The minimum atomic E-state index is -2.22. The van der Waals surface area contributed by atoms with E-state index in [1.54, 1.807) is 10.7 Å². The molecule has 1 saturated heterocycles. The van der Waals surface area contributed by atoms with Crippen molar-refractivity contribution in [2.45, 2.75) is 129 Å². The highest BCUT2D eigenvalue weighted by molar-refractivity contribution is 6.74. The molecule has 9 nitrogen and oxygen atoms in total. The molecule has 3 saturated carbocycles. The van der Waals surface area contributed by atoms with Gasteiger partial charge in [-0.2, -0.15) is 5.10 Å². The summed E-state index contributed by atoms with van der Waals surface area (Å²) in [5, 5.41) is 17.0. The first kappa shape index (κ1) is 36.6. The van der Waals surface area contributed by atoms with Crippen molar-refractivity contribution in [1.82, 2.24) is 9.78 Å². The van der Waals surface area contributed by atoms with E-state index in [1.807, 2.05) is 6.20 Å². The zero-order valence-corrected chi connectivity index (χ0v) is 32.7. The zero-order valence-electron chi connectivity index (χ0n) is 31.7. The second-order valence-corrected chi connectivity index (χ2v) is 22.6. The van der Waals surface area contributed by atoms with Crippen LogP contribution in [0.1, 0.15) is 102 Å². The largest absolute Gasteiger partial charge is 0.465 e. The molecule has 4 aliphatic carbocycles. The number of Topliss-reactive ketones (excluding diaryl/α,β-unsaturated/α-hetero) is 1. The van der Waals surface area contributed by atoms with Crippen LogP contribution in [-0.2, 0) is 29.9 Å². The molecule has 1 N–H and O–H groups in total. The SMILES string of the molecule is CCCC1O[C@@H]2C[C@H]3[C@@H]4CCC5=Cc6c(cnn6-c6ccc(F)c(C(=O)OC)c6)C[C@]5(C)[C@H]4[C@@H](O)C[C@]3(C)[C@]2(C(=O)CO[Si](C)(C)C(C)(C)C)O1. The Kier molecular flexibility index (Phi) is 8.93. The third-order valence-electron chi connectivity index (χ3n) is 14.1. The van der Waals surface area contributed by atoms with E-state index in [0.29, 0.717) is 24.9 Å². The predicted molar refractivity (Wildman–Crippen MR) is 193 cm³/mol. The van der Waals surface area contributed by atoms with Gasteiger partial charge in [0, 0.05) is 5.41 Å². The molecular formula is C40H55FN2O7Si. The molecule has 4 fully saturated rings. The fourth-order valence-electron chi connectivity index (χ4n) is 10.6. The van der Waals surface area contributed by atoms with Crippen molar-refractivity contribution in [2.24, 2.45) is 28.6 Å². The maximum absolute atomic E-state index is 14.7. The van der Waals surface area contributed by atoms with Gasteiger partial charge in [0.25, 0.3) is 0 Å². The molecular weight excluding hydrogens is 668 g/mol. The molecule has 0 bridgehead atoms. The number of hydrogen-bond donors (Lipinski definition) is 1. The number of aromatic nitrogens is 2. The highest BCUT2D eigenvalue weighted by atomic mass is 28.4. The van der Waals surface area contributed by atoms with E-state index in [0.717, 1.165) is 36.9 Å². The number of ketones is 1. The summed E-state index contributed by atoms with van der Waals surface area (Å²) < 4.78 is 41.1. The number of carbonyl (C=O) groups excluding carboxylic acids is 2. The topological polar surface area (TPSA) is 109 Å². The Hall–Kier alpha value is -2.70. The molecule has 1 aliphatic heterocycles. The summed E-state index contributed by atoms with van der Waals surface area (Å²) in [4.78, 5) is 26.9. The Bertz CT molecular complexity index is 1770. The smallest absolute Gasteiger partial charge is 0.340 e. The maximum Gasteiger partial charge on any atom is 0.340 e. The number of esters is 1. The van der Waals surface area contributed by atoms with Gasteiger partial charge in [-0.25, -0.2) is 13.9 Å². The lowest BCUT2D eigenvalue weighted by Gasteiger charge is -2.60. The molecule has 11 heteroatoms. The van der Waals surface area contributed by atoms with Crippen LogP contribution in [0.5, 0.6) is 0 Å². The van der Waals surface area contributed by atoms with Crippen LogP contribution in [0.4, 0.5) is 4.39 Å². The summed E-state index contributed by atoms with van der Waals surface area (Å²) >= 11 is 0. The number of allylic oxidation sites excluding steroid dienone is 1. The Balaban J connectivity index is 1.20. The highest BCUT2D eigenvalue weighted by Crippen LogP contribution is 2.70. The summed E-state index contributed by atoms with van der Waals surface area (Å²) in [6, 6.07) is 4.36. The van der Waals surface area contributed by atoms with E-state index >= 15 is 0 Å². The fraction of sp³-hybridized carbons (Fsp3) is 0.675. The van der Waals surface area contributed by atoms with Gasteiger partial charge in [-0.1, -0.05) is 53.5 Å². The molecule has 2 aromatic rings. The number of carbonyl (C=O) groups is 2. The number of rotatable bonds is 8. The number of aliphatic hydroxyl groups is 1. The monoisotopic (exact) mass is 722 g/mol. The first-order valence-electron chi connectivity index (χ1n) is 18.8. The lowest BCUT2D eigenvalue weighted by Crippen LogP contribution is -2.64. The molecule has 1 unspecified atom stereocenters. The molecule has 5 aliphatic rings. The first-order chi connectivity index (χ1) is 23.9. The van der Waals surface area contributed by atoms with Crippen molar-refractivity contribution in [3.8, 4) is 5.69 Å². The van der Waals surface area contributed by atoms with Crippen molar-refractivity contribution in [2.75, 3.05) is 13.7 Å². The Morgan fingerprint density at radius 3 is 2.65 bits per heavy atom. The number of aliphatic hydroxyl groups excluding tert-OH is 1. The van der Waals surface area contributed by atoms with Gasteiger partial charge >= 0.3 is 5.97 Å². The number of benzene rings is 1. The lowest BCUT2D eigenvalue weighted by atomic mass is 9.45. The van der Waals surface area contributed by atoms with E-state index in [-0.39, 0.29) is 52.3 Å². The van der Waals surface area contributed by atoms with Crippen LogP contribution in [-0.4, -0.2) is 72.8 Å². The van der Waals surface area contributed by atoms with Crippen LogP contribution < -0.4 is 0 Å². The zero-order chi connectivity index (χ0) is 36.9. The van der Waals surface area contributed by atoms with E-state index < -0.39 is 43.5 Å². The molecule has 1 aromatic carbocycles. The van der Waals surface area contributed by atoms with Crippen molar-refractivity contribution in [3.05, 3.63) is 52.6 Å². The molecule has 0 radical (unpaired) electrons. The lowest BCUT2D eigenvalue weighted by molar-refractivity contribution is -0.202. The van der Waals surface area contributed by atoms with Crippen molar-refractivity contribution < 1.29 is 37.7 Å². The van der Waals surface area contributed by atoms with Crippen LogP contribution in [0.15, 0.2) is 30.0 Å². The maximum atomic E-state index is 14.7. The van der Waals surface area contributed by atoms with Gasteiger partial charge in [0.05, 0.1) is 49.1 Å². The minimum absolute atomic E-state index is 0.00571. The third kappa shape index (κ3) is 5.38. The second-order valence-electron chi connectivity index (χ2n) is 17.8. The van der Waals surface area contributed by atoms with E-state index in [4.69, 9.17) is 23.7 Å². The minimum Gasteiger partial charge on any atom is -0.465 e. The predicted octanol–water partition coefficient (Wildman–Crippen LogP) is 7.43. The third-order valence-corrected chi connectivity index (χ3v) is 18.6. The van der Waals surface area contributed by atoms with Gasteiger partial charge in [0.2, 0.25) is 0 Å². The summed E-state index contributed by atoms with van der Waals surface area (Å²) in [6.45, 7) is 17.4. The van der Waals surface area contributed by atoms with Gasteiger partial charge < -0.3 is 23.7 Å². The van der Waals surface area contributed by atoms with Crippen LogP contribution in [0.2, 0.25) is 18.1 Å². The number of fused-ring (bicyclic) bond motifs is 8. The van der Waals surface area contributed by atoms with Gasteiger partial charge in [-0.15, -0.1) is 0 Å². The standard InChI is InChI=1S/C40H55FN2O7Si/c1-10-11-34-49-33-18-28-26-14-12-24-16-30-23(21-42-43(30)25-13-15-29(41)27(17-25)36(46)47-7)19-38(24,5)35(26)31(44)20-39(28,6)40(33,50-34)32(45)22-48-51(8,9)37(2,3)4/h13,15-17,21,26,28,31,33-35,44H,10-12,14,18-20,22H2,1-9H3/t26-,28-,31-,33+,34?,35+,38-,39-,40+/m0/s1. The Morgan fingerprint density at radius 2 is 1.96 bits per heavy atom. The molecule has 278 valence electrons. The molecule has 0 amide bonds. The van der Waals surface area contributed by atoms with Crippen LogP contribution in [0, 0.1) is 34.4 Å². The van der Waals surface area contributed by atoms with E-state index in [9.17, 15) is 19.1 Å². The Morgan fingerprint density at radius 1 is 1.22 bits per heavy atom. The first-order valence-corrected chi connectivity index (χ1v) is 21.7. The average molecular weight is 723 g/mol. The molecule has 7 rings (SSSR count). The highest BCUT2D eigenvalue weighted by Gasteiger charge is 2.76. The summed E-state index contributed by atoms with van der Waals surface area (Å²) in [6.07, 6.45) is 7.76. The Labute approximate surface area is 302 Å². The van der Waals surface area contributed by atoms with Gasteiger partial charge in [-0.05, 0) is 110 Å². The van der Waals surface area contributed by atoms with Crippen LogP contribution in [0.25, 0.3) is 11.8 Å². The van der Waals surface area contributed by atoms with Crippen molar-refractivity contribution in [3.63, 3.8) is 0 Å². The molecule has 51 heavy (non-hydrogen) atoms. The van der Waals surface area contributed by atoms with E-state index in [2.05, 4.69) is 60.7 Å². The molecule has 1 aromatic heterocycles. The quantitative estimate of drug-likeness (QED) is 0.222. The number of halogens is 1. The van der Waals surface area contributed by atoms with Gasteiger partial charge in [-0.3, -0.25) is 4.79 Å². The number of nitrogens with zero attached hydrogens (tertiary/aromatic N) is 2. The van der Waals surface area contributed by atoms with Crippen molar-refractivity contribution in [1.29, 1.82) is 0 Å². The number of hydrogen-bond acceptors (Lipinski definition) is 8. The molecule has 0 spiro atoms. The normalized spacial score (nSPS) is 35.6.